The Morgan fingerprint density at radius 2 is 2.00 bits per heavy atom. The van der Waals surface area contributed by atoms with Gasteiger partial charge in [-0.05, 0) is 11.8 Å². The smallest absolute Gasteiger partial charge is 0.309 e. The van der Waals surface area contributed by atoms with Crippen LogP contribution < -0.4 is 0 Å². The molecule has 0 spiro atoms. The van der Waals surface area contributed by atoms with E-state index in [-0.39, 0.29) is 23.4 Å². The van der Waals surface area contributed by atoms with Crippen molar-refractivity contribution in [2.45, 2.75) is 40.2 Å². The summed E-state index contributed by atoms with van der Waals surface area (Å²) in [5, 5.41) is 0. The zero-order valence-corrected chi connectivity index (χ0v) is 7.68. The summed E-state index contributed by atoms with van der Waals surface area (Å²) in [4.78, 5) is 11.0. The third kappa shape index (κ3) is 1.73. The van der Waals surface area contributed by atoms with Gasteiger partial charge in [0.2, 0.25) is 0 Å². The number of rotatable bonds is 0. The topological polar surface area (TPSA) is 26.3 Å². The molecule has 0 bridgehead atoms. The summed E-state index contributed by atoms with van der Waals surface area (Å²) in [6, 6.07) is 0. The van der Waals surface area contributed by atoms with Crippen molar-refractivity contribution in [3.8, 4) is 0 Å². The predicted molar refractivity (Wildman–Crippen MR) is 43.1 cm³/mol. The fraction of sp³-hybridized carbons (Fsp3) is 0.889. The van der Waals surface area contributed by atoms with Gasteiger partial charge >= 0.3 is 5.97 Å². The average molecular weight is 156 g/mol. The molecule has 2 atom stereocenters. The molecule has 0 aromatic heterocycles. The van der Waals surface area contributed by atoms with Crippen molar-refractivity contribution in [1.29, 1.82) is 0 Å². The van der Waals surface area contributed by atoms with E-state index in [2.05, 4.69) is 20.8 Å². The normalized spacial score (nSPS) is 32.2. The number of hydrogen-bond acceptors (Lipinski definition) is 2. The van der Waals surface area contributed by atoms with Crippen molar-refractivity contribution in [2.24, 2.45) is 11.3 Å². The molecule has 0 radical (unpaired) electrons. The summed E-state index contributed by atoms with van der Waals surface area (Å²) in [5.41, 5.74) is 0.0976. The Labute approximate surface area is 67.9 Å². The van der Waals surface area contributed by atoms with Crippen LogP contribution in [0.25, 0.3) is 0 Å². The van der Waals surface area contributed by atoms with Gasteiger partial charge in [-0.15, -0.1) is 0 Å². The highest BCUT2D eigenvalue weighted by atomic mass is 16.6. The van der Waals surface area contributed by atoms with Crippen molar-refractivity contribution < 1.29 is 9.53 Å². The zero-order valence-electron chi connectivity index (χ0n) is 7.68. The van der Waals surface area contributed by atoms with Crippen LogP contribution in [0.3, 0.4) is 0 Å². The minimum Gasteiger partial charge on any atom is -0.462 e. The van der Waals surface area contributed by atoms with Gasteiger partial charge in [0.1, 0.15) is 6.10 Å². The number of hydrogen-bond donors (Lipinski definition) is 0. The highest BCUT2D eigenvalue weighted by Crippen LogP contribution is 2.33. The summed E-state index contributed by atoms with van der Waals surface area (Å²) >= 11 is 0. The number of carbonyl (C=O) groups excluding carboxylic acids is 1. The van der Waals surface area contributed by atoms with Crippen molar-refractivity contribution in [3.63, 3.8) is 0 Å². The molecular formula is C9H16O2. The van der Waals surface area contributed by atoms with Gasteiger partial charge in [-0.2, -0.15) is 0 Å². The monoisotopic (exact) mass is 156 g/mol. The maximum Gasteiger partial charge on any atom is 0.309 e. The van der Waals surface area contributed by atoms with E-state index >= 15 is 0 Å². The number of ether oxygens (including phenoxy) is 1. The Balaban J connectivity index is 2.61. The molecule has 1 aliphatic rings. The minimum atomic E-state index is -0.0371. The molecule has 2 nitrogen and oxygen atoms in total. The predicted octanol–water partition coefficient (Wildman–Crippen LogP) is 1.98. The molecule has 1 heterocycles. The lowest BCUT2D eigenvalue weighted by Gasteiger charge is -2.24. The van der Waals surface area contributed by atoms with E-state index in [4.69, 9.17) is 4.74 Å². The first-order chi connectivity index (χ1) is 4.91. The molecule has 64 valence electrons. The van der Waals surface area contributed by atoms with E-state index in [0.29, 0.717) is 0 Å². The van der Waals surface area contributed by atoms with Crippen LogP contribution in [0.1, 0.15) is 34.1 Å². The van der Waals surface area contributed by atoms with Crippen molar-refractivity contribution in [1.82, 2.24) is 0 Å². The Bertz CT molecular complexity index is 167. The van der Waals surface area contributed by atoms with E-state index in [9.17, 15) is 4.79 Å². The van der Waals surface area contributed by atoms with E-state index in [1.165, 1.54) is 0 Å². The minimum absolute atomic E-state index is 0.0371. The van der Waals surface area contributed by atoms with Crippen LogP contribution in [0.5, 0.6) is 0 Å². The quantitative estimate of drug-likeness (QED) is 0.501. The highest BCUT2D eigenvalue weighted by Gasteiger charge is 2.38. The van der Waals surface area contributed by atoms with Crippen molar-refractivity contribution in [2.75, 3.05) is 0 Å². The van der Waals surface area contributed by atoms with Crippen LogP contribution in [0.2, 0.25) is 0 Å². The average Bonchev–Trinajstić information content (AvgIpc) is 2.11. The standard InChI is InChI=1S/C9H16O2/c1-6-5-7(9(2,3)4)11-8(6)10/h6-7H,5H2,1-4H3/t6-,7-/m0/s1. The van der Waals surface area contributed by atoms with Crippen LogP contribution in [0, 0.1) is 11.3 Å². The molecule has 1 fully saturated rings. The van der Waals surface area contributed by atoms with E-state index in [1.54, 1.807) is 0 Å². The van der Waals surface area contributed by atoms with Gasteiger partial charge < -0.3 is 4.74 Å². The molecule has 0 aromatic rings. The van der Waals surface area contributed by atoms with Gasteiger partial charge in [0, 0.05) is 0 Å². The Morgan fingerprint density at radius 1 is 1.45 bits per heavy atom. The van der Waals surface area contributed by atoms with Crippen LogP contribution in [-0.4, -0.2) is 12.1 Å². The van der Waals surface area contributed by atoms with E-state index < -0.39 is 0 Å². The molecule has 2 heteroatoms. The fourth-order valence-electron chi connectivity index (χ4n) is 1.25. The molecule has 0 saturated carbocycles. The Morgan fingerprint density at radius 3 is 2.18 bits per heavy atom. The number of esters is 1. The number of cyclic esters (lactones) is 1. The second-order valence-corrected chi connectivity index (χ2v) is 4.43. The molecule has 1 aliphatic heterocycles. The van der Waals surface area contributed by atoms with Crippen LogP contribution in [0.4, 0.5) is 0 Å². The molecule has 1 saturated heterocycles. The van der Waals surface area contributed by atoms with Gasteiger partial charge in [0.15, 0.2) is 0 Å². The second-order valence-electron chi connectivity index (χ2n) is 4.43. The van der Waals surface area contributed by atoms with Gasteiger partial charge in [-0.1, -0.05) is 27.7 Å². The third-order valence-corrected chi connectivity index (χ3v) is 2.19. The summed E-state index contributed by atoms with van der Waals surface area (Å²) in [5.74, 6) is 0.0594. The van der Waals surface area contributed by atoms with Gasteiger partial charge in [0.25, 0.3) is 0 Å². The molecule has 1 rings (SSSR count). The molecular weight excluding hydrogens is 140 g/mol. The van der Waals surface area contributed by atoms with E-state index in [1.807, 2.05) is 6.92 Å². The van der Waals surface area contributed by atoms with Crippen LogP contribution in [-0.2, 0) is 9.53 Å². The Hall–Kier alpha value is -0.530. The third-order valence-electron chi connectivity index (χ3n) is 2.19. The summed E-state index contributed by atoms with van der Waals surface area (Å²) in [6.07, 6.45) is 0.993. The summed E-state index contributed by atoms with van der Waals surface area (Å²) in [7, 11) is 0. The zero-order chi connectivity index (χ0) is 8.65. The lowest BCUT2D eigenvalue weighted by molar-refractivity contribution is -0.147. The van der Waals surface area contributed by atoms with Crippen molar-refractivity contribution in [3.05, 3.63) is 0 Å². The fourth-order valence-corrected chi connectivity index (χ4v) is 1.25. The van der Waals surface area contributed by atoms with Crippen LogP contribution >= 0.6 is 0 Å². The summed E-state index contributed by atoms with van der Waals surface area (Å²) in [6.45, 7) is 8.23. The second kappa shape index (κ2) is 2.50. The van der Waals surface area contributed by atoms with Crippen molar-refractivity contribution >= 4 is 5.97 Å². The lowest BCUT2D eigenvalue weighted by atomic mass is 9.86. The van der Waals surface area contributed by atoms with Gasteiger partial charge in [-0.25, -0.2) is 0 Å². The molecule has 0 aliphatic carbocycles. The van der Waals surface area contributed by atoms with Gasteiger partial charge in [-0.3, -0.25) is 4.79 Å². The largest absolute Gasteiger partial charge is 0.462 e. The molecule has 0 unspecified atom stereocenters. The summed E-state index contributed by atoms with van der Waals surface area (Å²) < 4.78 is 5.20. The molecule has 0 amide bonds. The molecule has 11 heavy (non-hydrogen) atoms. The number of carbonyl (C=O) groups is 1. The highest BCUT2D eigenvalue weighted by molar-refractivity contribution is 5.74. The van der Waals surface area contributed by atoms with Gasteiger partial charge in [0.05, 0.1) is 5.92 Å². The SMILES string of the molecule is C[C@H]1C[C@@H](C(C)(C)C)OC1=O. The first-order valence-corrected chi connectivity index (χ1v) is 4.12. The van der Waals surface area contributed by atoms with Crippen LogP contribution in [0.15, 0.2) is 0 Å². The first kappa shape index (κ1) is 8.57. The molecule has 0 N–H and O–H groups in total. The maximum absolute atomic E-state index is 11.0. The molecule has 0 aromatic carbocycles. The Kier molecular flexibility index (Phi) is 1.95. The lowest BCUT2D eigenvalue weighted by Crippen LogP contribution is -2.25. The maximum atomic E-state index is 11.0. The van der Waals surface area contributed by atoms with E-state index in [0.717, 1.165) is 6.42 Å². The first-order valence-electron chi connectivity index (χ1n) is 4.12.